The Morgan fingerprint density at radius 1 is 0.562 bits per heavy atom. The Kier molecular flexibility index (Phi) is 6.28. The molecule has 8 saturated carbocycles. The van der Waals surface area contributed by atoms with Crippen LogP contribution in [0.5, 0.6) is 5.75 Å². The molecule has 0 amide bonds. The fraction of sp³-hybridized carbons (Fsp3) is 0.500. The zero-order valence-corrected chi connectivity index (χ0v) is 28.7. The minimum Gasteiger partial charge on any atom is -0.744 e. The fourth-order valence-corrected chi connectivity index (χ4v) is 15.2. The SMILES string of the molecule is O=S(=O)([O-])c1c2ccccc2c(OS(=O)(=O)c2cc(C34CC5CC(CC(C5)C3)C4)ccc2C23CC4CC(CC(C4)C2)C3)c2ccccc12. The smallest absolute Gasteiger partial charge is 0.339 e. The summed E-state index contributed by atoms with van der Waals surface area (Å²) in [6.07, 6.45) is 14.2. The second-order valence-corrected chi connectivity index (χ2v) is 19.7. The first-order valence-corrected chi connectivity index (χ1v) is 20.8. The van der Waals surface area contributed by atoms with Crippen LogP contribution in [0.3, 0.4) is 0 Å². The van der Waals surface area contributed by atoms with Gasteiger partial charge in [0, 0.05) is 21.5 Å². The Bertz CT molecular complexity index is 2110. The minimum atomic E-state index is -4.88. The van der Waals surface area contributed by atoms with E-state index in [4.69, 9.17) is 4.18 Å². The second-order valence-electron chi connectivity index (χ2n) is 16.8. The summed E-state index contributed by atoms with van der Waals surface area (Å²) in [5.41, 5.74) is 1.91. The third kappa shape index (κ3) is 4.43. The van der Waals surface area contributed by atoms with Gasteiger partial charge in [0.05, 0.1) is 4.90 Å². The van der Waals surface area contributed by atoms with Gasteiger partial charge in [-0.25, -0.2) is 8.42 Å². The van der Waals surface area contributed by atoms with Crippen LogP contribution in [0.4, 0.5) is 0 Å². The average Bonchev–Trinajstić information content (AvgIpc) is 3.02. The maximum Gasteiger partial charge on any atom is 0.339 e. The quantitative estimate of drug-likeness (QED) is 0.115. The Morgan fingerprint density at radius 2 is 0.979 bits per heavy atom. The molecule has 0 radical (unpaired) electrons. The van der Waals surface area contributed by atoms with Crippen LogP contribution in [-0.2, 0) is 31.1 Å². The Hall–Kier alpha value is -2.94. The molecule has 0 unspecified atom stereocenters. The first kappa shape index (κ1) is 29.9. The maximum atomic E-state index is 15.1. The second kappa shape index (κ2) is 10.1. The number of fused-ring (bicyclic) bond motifs is 2. The van der Waals surface area contributed by atoms with E-state index < -0.39 is 20.2 Å². The predicted octanol–water partition coefficient (Wildman–Crippen LogP) is 8.60. The van der Waals surface area contributed by atoms with Crippen LogP contribution in [-0.4, -0.2) is 21.4 Å². The molecule has 250 valence electrons. The van der Waals surface area contributed by atoms with Crippen LogP contribution in [0.25, 0.3) is 21.5 Å². The molecule has 48 heavy (non-hydrogen) atoms. The van der Waals surface area contributed by atoms with Crippen LogP contribution in [0.1, 0.15) is 88.2 Å². The first-order chi connectivity index (χ1) is 23.0. The highest BCUT2D eigenvalue weighted by atomic mass is 32.2. The van der Waals surface area contributed by atoms with Gasteiger partial charge < -0.3 is 8.74 Å². The highest BCUT2D eigenvalue weighted by Gasteiger charge is 2.55. The van der Waals surface area contributed by atoms with Crippen molar-refractivity contribution in [1.82, 2.24) is 0 Å². The van der Waals surface area contributed by atoms with Gasteiger partial charge in [0.25, 0.3) is 0 Å². The van der Waals surface area contributed by atoms with Gasteiger partial charge in [0.2, 0.25) is 0 Å². The van der Waals surface area contributed by atoms with E-state index >= 15 is 8.42 Å². The summed E-state index contributed by atoms with van der Waals surface area (Å²) < 4.78 is 74.3. The van der Waals surface area contributed by atoms with E-state index in [1.54, 1.807) is 48.5 Å². The average molecular weight is 682 g/mol. The van der Waals surface area contributed by atoms with Gasteiger partial charge in [-0.05, 0) is 141 Å². The number of hydrogen-bond donors (Lipinski definition) is 0. The van der Waals surface area contributed by atoms with Crippen LogP contribution < -0.4 is 4.18 Å². The molecule has 0 N–H and O–H groups in total. The van der Waals surface area contributed by atoms with Gasteiger partial charge in [0.15, 0.2) is 5.75 Å². The molecule has 0 heterocycles. The van der Waals surface area contributed by atoms with Crippen molar-refractivity contribution in [3.05, 3.63) is 77.9 Å². The maximum absolute atomic E-state index is 15.1. The number of rotatable bonds is 6. The summed E-state index contributed by atoms with van der Waals surface area (Å²) >= 11 is 0. The van der Waals surface area contributed by atoms with Crippen molar-refractivity contribution >= 4 is 41.8 Å². The Morgan fingerprint density at radius 3 is 1.42 bits per heavy atom. The summed E-state index contributed by atoms with van der Waals surface area (Å²) in [6.45, 7) is 0. The van der Waals surface area contributed by atoms with E-state index in [2.05, 4.69) is 12.1 Å². The van der Waals surface area contributed by atoms with Crippen molar-refractivity contribution in [2.45, 2.75) is 97.7 Å². The molecule has 8 aliphatic carbocycles. The molecule has 4 aromatic rings. The first-order valence-electron chi connectivity index (χ1n) is 18.0. The molecule has 0 saturated heterocycles. The lowest BCUT2D eigenvalue weighted by atomic mass is 9.47. The highest BCUT2D eigenvalue weighted by molar-refractivity contribution is 7.87. The normalized spacial score (nSPS) is 35.1. The van der Waals surface area contributed by atoms with E-state index in [1.165, 1.54) is 38.5 Å². The van der Waals surface area contributed by atoms with Crippen LogP contribution in [0.2, 0.25) is 0 Å². The van der Waals surface area contributed by atoms with Gasteiger partial charge in [-0.1, -0.05) is 60.7 Å². The molecule has 8 aliphatic rings. The standard InChI is InChI=1S/C40H42O6S2/c41-47(42,43)38-33-7-3-1-5-31(33)37(32-6-2-4-8-34(32)38)46-48(44,45)36-17-30(39-18-24-11-25(19-39)13-26(12-24)20-39)9-10-35(36)40-21-27-14-28(22-40)16-29(15-27)23-40/h1-10,17,24-29H,11-16,18-23H2,(H,41,42,43)/p-1. The summed E-state index contributed by atoms with van der Waals surface area (Å²) in [5, 5.41) is 0.922. The van der Waals surface area contributed by atoms with Crippen molar-refractivity contribution < 1.29 is 25.6 Å². The minimum absolute atomic E-state index is 0.0164. The van der Waals surface area contributed by atoms with Gasteiger partial charge in [-0.15, -0.1) is 0 Å². The molecule has 12 rings (SSSR count). The molecule has 0 atom stereocenters. The van der Waals surface area contributed by atoms with E-state index in [-0.39, 0.29) is 32.2 Å². The largest absolute Gasteiger partial charge is 0.744 e. The van der Waals surface area contributed by atoms with Crippen molar-refractivity contribution in [2.24, 2.45) is 35.5 Å². The molecule has 4 aromatic carbocycles. The monoisotopic (exact) mass is 681 g/mol. The third-order valence-electron chi connectivity index (χ3n) is 13.8. The van der Waals surface area contributed by atoms with Gasteiger partial charge in [0.1, 0.15) is 15.0 Å². The molecule has 8 fully saturated rings. The molecule has 8 heteroatoms. The van der Waals surface area contributed by atoms with Crippen LogP contribution in [0, 0.1) is 35.5 Å². The van der Waals surface area contributed by atoms with E-state index in [0.29, 0.717) is 33.4 Å². The lowest BCUT2D eigenvalue weighted by molar-refractivity contribution is -0.00807. The zero-order chi connectivity index (χ0) is 32.6. The molecule has 8 bridgehead atoms. The molecular formula is C40H41O6S2-. The third-order valence-corrected chi connectivity index (χ3v) is 16.0. The Balaban J connectivity index is 1.17. The molecular weight excluding hydrogens is 641 g/mol. The number of hydrogen-bond acceptors (Lipinski definition) is 6. The molecule has 6 nitrogen and oxygen atoms in total. The summed E-state index contributed by atoms with van der Waals surface area (Å²) in [6, 6.07) is 19.6. The predicted molar refractivity (Wildman–Crippen MR) is 183 cm³/mol. The topological polar surface area (TPSA) is 101 Å². The summed E-state index contributed by atoms with van der Waals surface area (Å²) in [5.74, 6) is 4.18. The van der Waals surface area contributed by atoms with Crippen molar-refractivity contribution in [2.75, 3.05) is 0 Å². The molecule has 0 spiro atoms. The lowest BCUT2D eigenvalue weighted by Crippen LogP contribution is -2.50. The zero-order valence-electron chi connectivity index (χ0n) is 27.1. The number of benzene rings is 4. The van der Waals surface area contributed by atoms with E-state index in [0.717, 1.165) is 67.4 Å². The van der Waals surface area contributed by atoms with E-state index in [9.17, 15) is 13.0 Å². The highest BCUT2D eigenvalue weighted by Crippen LogP contribution is 2.64. The Labute approximate surface area is 283 Å². The van der Waals surface area contributed by atoms with E-state index in [1.807, 2.05) is 6.07 Å². The van der Waals surface area contributed by atoms with Crippen LogP contribution in [0.15, 0.2) is 76.5 Å². The van der Waals surface area contributed by atoms with Crippen LogP contribution >= 0.6 is 0 Å². The van der Waals surface area contributed by atoms with Crippen molar-refractivity contribution in [1.29, 1.82) is 0 Å². The molecule has 0 aliphatic heterocycles. The van der Waals surface area contributed by atoms with Gasteiger partial charge in [-0.3, -0.25) is 0 Å². The summed E-state index contributed by atoms with van der Waals surface area (Å²) in [4.78, 5) is -0.0529. The van der Waals surface area contributed by atoms with Crippen molar-refractivity contribution in [3.8, 4) is 5.75 Å². The lowest BCUT2D eigenvalue weighted by Gasteiger charge is -2.58. The summed E-state index contributed by atoms with van der Waals surface area (Å²) in [7, 11) is -9.27. The van der Waals surface area contributed by atoms with Gasteiger partial charge >= 0.3 is 10.1 Å². The fourth-order valence-electron chi connectivity index (χ4n) is 13.0. The van der Waals surface area contributed by atoms with Gasteiger partial charge in [-0.2, -0.15) is 8.42 Å². The van der Waals surface area contributed by atoms with Crippen molar-refractivity contribution in [3.63, 3.8) is 0 Å². The molecule has 0 aromatic heterocycles.